The van der Waals surface area contributed by atoms with Crippen LogP contribution in [0.2, 0.25) is 0 Å². The van der Waals surface area contributed by atoms with Crippen LogP contribution in [0, 0.1) is 5.41 Å². The van der Waals surface area contributed by atoms with Gasteiger partial charge in [-0.05, 0) is 48.8 Å². The molecule has 4 nitrogen and oxygen atoms in total. The molecule has 0 spiro atoms. The molecule has 0 aliphatic heterocycles. The summed E-state index contributed by atoms with van der Waals surface area (Å²) < 4.78 is 12.5. The van der Waals surface area contributed by atoms with Crippen LogP contribution in [0.3, 0.4) is 0 Å². The minimum Gasteiger partial charge on any atom is -0.491 e. The molecule has 2 rings (SSSR count). The van der Waals surface area contributed by atoms with E-state index in [1.807, 2.05) is 18.2 Å². The lowest BCUT2D eigenvalue weighted by Crippen LogP contribution is -2.52. The van der Waals surface area contributed by atoms with Gasteiger partial charge in [-0.3, -0.25) is 0 Å². The average Bonchev–Trinajstić information content (AvgIpc) is 2.78. The van der Waals surface area contributed by atoms with E-state index in [0.717, 1.165) is 36.3 Å². The molecule has 0 saturated heterocycles. The molecule has 1 N–H and O–H groups in total. The van der Waals surface area contributed by atoms with Crippen molar-refractivity contribution in [1.29, 1.82) is 0 Å². The van der Waals surface area contributed by atoms with Gasteiger partial charge in [0.25, 0.3) is 0 Å². The van der Waals surface area contributed by atoms with Gasteiger partial charge in [0.05, 0.1) is 26.3 Å². The first-order valence-electron chi connectivity index (χ1n) is 12.9. The summed E-state index contributed by atoms with van der Waals surface area (Å²) in [6.07, 6.45) is 0.630. The predicted octanol–water partition coefficient (Wildman–Crippen LogP) is 6.21. The van der Waals surface area contributed by atoms with E-state index < -0.39 is 6.10 Å². The van der Waals surface area contributed by atoms with Gasteiger partial charge in [-0.25, -0.2) is 0 Å². The van der Waals surface area contributed by atoms with E-state index in [4.69, 9.17) is 9.47 Å². The average molecular weight is 471 g/mol. The number of likely N-dealkylation sites (N-methyl/N-ethyl adjacent to an activating group) is 1. The van der Waals surface area contributed by atoms with Gasteiger partial charge in [-0.1, -0.05) is 77.1 Å². The van der Waals surface area contributed by atoms with Crippen LogP contribution < -0.4 is 4.74 Å². The smallest absolute Gasteiger partial charge is 0.126 e. The third-order valence-corrected chi connectivity index (χ3v) is 6.72. The molecule has 2 aromatic rings. The summed E-state index contributed by atoms with van der Waals surface area (Å²) in [5.74, 6) is 0.856. The molecule has 0 bridgehead atoms. The first-order chi connectivity index (χ1) is 16.0. The van der Waals surface area contributed by atoms with Gasteiger partial charge in [0.1, 0.15) is 31.5 Å². The second-order valence-corrected chi connectivity index (χ2v) is 11.5. The number of quaternary nitrogens is 1. The van der Waals surface area contributed by atoms with E-state index in [2.05, 4.69) is 84.9 Å². The fourth-order valence-corrected chi connectivity index (χ4v) is 5.11. The van der Waals surface area contributed by atoms with Crippen LogP contribution in [-0.4, -0.2) is 55.1 Å². The Balaban J connectivity index is 1.75. The summed E-state index contributed by atoms with van der Waals surface area (Å²) in [5, 5.41) is 10.6. The monoisotopic (exact) mass is 470 g/mol. The van der Waals surface area contributed by atoms with Gasteiger partial charge in [0, 0.05) is 5.56 Å². The van der Waals surface area contributed by atoms with Gasteiger partial charge in [0.2, 0.25) is 0 Å². The largest absolute Gasteiger partial charge is 0.491 e. The highest BCUT2D eigenvalue weighted by Crippen LogP contribution is 2.36. The normalized spacial score (nSPS) is 13.6. The fourth-order valence-electron chi connectivity index (χ4n) is 5.11. The van der Waals surface area contributed by atoms with Crippen LogP contribution in [0.5, 0.6) is 5.75 Å². The SMILES string of the molecule is CC[N+](CC)(Cc1ccccc1)CC(O)COCCOc1ccc(C(C)(C)CC(C)(C)C)cc1. The summed E-state index contributed by atoms with van der Waals surface area (Å²) >= 11 is 0. The van der Waals surface area contributed by atoms with Crippen LogP contribution in [-0.2, 0) is 16.7 Å². The van der Waals surface area contributed by atoms with Gasteiger partial charge in [0.15, 0.2) is 0 Å². The molecule has 190 valence electrons. The van der Waals surface area contributed by atoms with E-state index in [-0.39, 0.29) is 10.8 Å². The number of rotatable bonds is 14. The quantitative estimate of drug-likeness (QED) is 0.263. The van der Waals surface area contributed by atoms with Crippen LogP contribution in [0.4, 0.5) is 0 Å². The maximum Gasteiger partial charge on any atom is 0.126 e. The van der Waals surface area contributed by atoms with Crippen LogP contribution >= 0.6 is 0 Å². The van der Waals surface area contributed by atoms with Crippen molar-refractivity contribution in [3.8, 4) is 5.75 Å². The second-order valence-electron chi connectivity index (χ2n) is 11.5. The Morgan fingerprint density at radius 3 is 2.03 bits per heavy atom. The summed E-state index contributed by atoms with van der Waals surface area (Å²) in [7, 11) is 0. The van der Waals surface area contributed by atoms with E-state index in [0.29, 0.717) is 26.4 Å². The topological polar surface area (TPSA) is 38.7 Å². The van der Waals surface area contributed by atoms with E-state index in [1.54, 1.807) is 0 Å². The second kappa shape index (κ2) is 12.7. The number of hydrogen-bond donors (Lipinski definition) is 1. The molecule has 0 saturated carbocycles. The standard InChI is InChI=1S/C30H48NO3/c1-8-31(9-2,21-25-13-11-10-12-14-25)22-27(32)23-33-19-20-34-28-17-15-26(16-18-28)30(6,7)24-29(3,4)5/h10-18,27,32H,8-9,19-24H2,1-7H3/q+1. The lowest BCUT2D eigenvalue weighted by atomic mass is 9.72. The van der Waals surface area contributed by atoms with E-state index >= 15 is 0 Å². The van der Waals surface area contributed by atoms with Crippen molar-refractivity contribution in [2.24, 2.45) is 5.41 Å². The fraction of sp³-hybridized carbons (Fsp3) is 0.600. The van der Waals surface area contributed by atoms with Crippen molar-refractivity contribution < 1.29 is 19.1 Å². The third kappa shape index (κ3) is 9.40. The third-order valence-electron chi connectivity index (χ3n) is 6.72. The van der Waals surface area contributed by atoms with Crippen molar-refractivity contribution in [3.05, 3.63) is 65.7 Å². The van der Waals surface area contributed by atoms with Gasteiger partial charge < -0.3 is 19.1 Å². The number of aliphatic hydroxyl groups excluding tert-OH is 1. The van der Waals surface area contributed by atoms with Gasteiger partial charge >= 0.3 is 0 Å². The Morgan fingerprint density at radius 2 is 1.47 bits per heavy atom. The number of benzene rings is 2. The van der Waals surface area contributed by atoms with Crippen molar-refractivity contribution in [3.63, 3.8) is 0 Å². The zero-order valence-electron chi connectivity index (χ0n) is 22.6. The predicted molar refractivity (Wildman–Crippen MR) is 142 cm³/mol. The molecule has 1 atom stereocenters. The number of aliphatic hydroxyl groups is 1. The van der Waals surface area contributed by atoms with Crippen molar-refractivity contribution >= 4 is 0 Å². The molecular formula is C30H48NO3+. The lowest BCUT2D eigenvalue weighted by Gasteiger charge is -2.38. The minimum atomic E-state index is -0.493. The Morgan fingerprint density at radius 1 is 0.853 bits per heavy atom. The van der Waals surface area contributed by atoms with Crippen LogP contribution in [0.25, 0.3) is 0 Å². The molecule has 0 aromatic heterocycles. The molecule has 0 aliphatic carbocycles. The Hall–Kier alpha value is -1.88. The zero-order valence-corrected chi connectivity index (χ0v) is 22.6. The lowest BCUT2D eigenvalue weighted by molar-refractivity contribution is -0.940. The maximum absolute atomic E-state index is 10.6. The highest BCUT2D eigenvalue weighted by atomic mass is 16.5. The summed E-state index contributed by atoms with van der Waals surface area (Å²) in [4.78, 5) is 0. The minimum absolute atomic E-state index is 0.126. The summed E-state index contributed by atoms with van der Waals surface area (Å²) in [6.45, 7) is 20.7. The zero-order chi connectivity index (χ0) is 25.2. The molecule has 0 radical (unpaired) electrons. The van der Waals surface area contributed by atoms with Gasteiger partial charge in [-0.15, -0.1) is 0 Å². The Labute approximate surface area is 208 Å². The molecule has 0 fully saturated rings. The first kappa shape index (κ1) is 28.4. The molecule has 34 heavy (non-hydrogen) atoms. The Kier molecular flexibility index (Phi) is 10.6. The van der Waals surface area contributed by atoms with Gasteiger partial charge in [-0.2, -0.15) is 0 Å². The molecular weight excluding hydrogens is 422 g/mol. The van der Waals surface area contributed by atoms with E-state index in [1.165, 1.54) is 11.1 Å². The summed E-state index contributed by atoms with van der Waals surface area (Å²) in [5.41, 5.74) is 3.05. The molecule has 0 amide bonds. The van der Waals surface area contributed by atoms with Crippen LogP contribution in [0.1, 0.15) is 66.0 Å². The molecule has 1 unspecified atom stereocenters. The highest BCUT2D eigenvalue weighted by molar-refractivity contribution is 5.31. The number of hydrogen-bond acceptors (Lipinski definition) is 3. The van der Waals surface area contributed by atoms with Crippen LogP contribution in [0.15, 0.2) is 54.6 Å². The molecule has 4 heteroatoms. The molecule has 0 heterocycles. The van der Waals surface area contributed by atoms with Crippen molar-refractivity contribution in [2.75, 3.05) is 39.5 Å². The van der Waals surface area contributed by atoms with Crippen molar-refractivity contribution in [1.82, 2.24) is 0 Å². The summed E-state index contributed by atoms with van der Waals surface area (Å²) in [6, 6.07) is 19.0. The number of ether oxygens (including phenoxy) is 2. The number of nitrogens with zero attached hydrogens (tertiary/aromatic N) is 1. The van der Waals surface area contributed by atoms with Crippen molar-refractivity contribution in [2.45, 2.75) is 73.0 Å². The Bertz CT molecular complexity index is 820. The van der Waals surface area contributed by atoms with E-state index in [9.17, 15) is 5.11 Å². The highest BCUT2D eigenvalue weighted by Gasteiger charge is 2.28. The first-order valence-corrected chi connectivity index (χ1v) is 12.9. The molecule has 2 aromatic carbocycles. The molecule has 0 aliphatic rings. The maximum atomic E-state index is 10.6.